The Morgan fingerprint density at radius 1 is 0.857 bits per heavy atom. The van der Waals surface area contributed by atoms with E-state index in [2.05, 4.69) is 15.6 Å². The van der Waals surface area contributed by atoms with E-state index in [1.165, 1.54) is 42.6 Å². The molecule has 0 bridgehead atoms. The highest BCUT2D eigenvalue weighted by Gasteiger charge is 2.20. The van der Waals surface area contributed by atoms with Crippen LogP contribution < -0.4 is 10.6 Å². The number of carbonyl (C=O) groups is 2. The molecular weight excluding hydrogens is 555 g/mol. The Kier molecular flexibility index (Phi) is 8.77. The zero-order chi connectivity index (χ0) is 30.7. The number of amides is 2. The molecule has 42 heavy (non-hydrogen) atoms. The molecule has 0 aliphatic heterocycles. The molecule has 1 heterocycles. The first-order valence-electron chi connectivity index (χ1n) is 13.3. The quantitative estimate of drug-likeness (QED) is 0.202. The molecule has 218 valence electrons. The molecule has 0 aliphatic carbocycles. The van der Waals surface area contributed by atoms with Crippen LogP contribution in [0.5, 0.6) is 0 Å². The van der Waals surface area contributed by atoms with Crippen LogP contribution in [-0.4, -0.2) is 26.8 Å². The van der Waals surface area contributed by atoms with Crippen LogP contribution in [0.2, 0.25) is 0 Å². The highest BCUT2D eigenvalue weighted by Crippen LogP contribution is 2.31. The molecule has 10 heteroatoms. The van der Waals surface area contributed by atoms with E-state index in [1.54, 1.807) is 63.4 Å². The second-order valence-corrected chi connectivity index (χ2v) is 13.1. The molecule has 8 nitrogen and oxygen atoms in total. The summed E-state index contributed by atoms with van der Waals surface area (Å²) in [6.45, 7) is 9.20. The molecule has 1 atom stereocenters. The molecule has 4 rings (SSSR count). The fourth-order valence-electron chi connectivity index (χ4n) is 4.03. The first-order valence-corrected chi connectivity index (χ1v) is 14.8. The van der Waals surface area contributed by atoms with Crippen molar-refractivity contribution in [3.63, 3.8) is 0 Å². The molecule has 0 aliphatic rings. The third kappa shape index (κ3) is 7.38. The first kappa shape index (κ1) is 30.4. The third-order valence-electron chi connectivity index (χ3n) is 6.26. The predicted molar refractivity (Wildman–Crippen MR) is 162 cm³/mol. The zero-order valence-corrected chi connectivity index (χ0v) is 24.8. The van der Waals surface area contributed by atoms with Crippen LogP contribution in [0.15, 0.2) is 95.0 Å². The fourth-order valence-corrected chi connectivity index (χ4v) is 5.33. The van der Waals surface area contributed by atoms with Gasteiger partial charge >= 0.3 is 6.09 Å². The first-order chi connectivity index (χ1) is 19.7. The number of anilines is 2. The number of aromatic nitrogens is 1. The largest absolute Gasteiger partial charge is 0.444 e. The molecule has 3 N–H and O–H groups in total. The van der Waals surface area contributed by atoms with E-state index < -0.39 is 27.3 Å². The van der Waals surface area contributed by atoms with Crippen LogP contribution in [-0.2, 0) is 14.5 Å². The van der Waals surface area contributed by atoms with Gasteiger partial charge in [-0.1, -0.05) is 32.0 Å². The minimum Gasteiger partial charge on any atom is -0.444 e. The number of benzene rings is 3. The van der Waals surface area contributed by atoms with Crippen molar-refractivity contribution >= 4 is 33.1 Å². The topological polar surface area (TPSA) is 121 Å². The molecule has 0 saturated carbocycles. The maximum Gasteiger partial charge on any atom is 0.412 e. The van der Waals surface area contributed by atoms with Gasteiger partial charge in [-0.2, -0.15) is 0 Å². The molecule has 0 spiro atoms. The standard InChI is InChI=1S/C32H33FN4O4S/c1-20(2)24-16-27(19-35-18-24)42(34,40)26-13-8-22(9-14-26)30(38)36-29-17-23(21-6-11-25(33)12-7-21)10-15-28(29)37-31(39)41-32(3,4)5/h6-20,34H,1-5H3,(H,36,38)(H,37,39). The van der Waals surface area contributed by atoms with Gasteiger partial charge in [-0.3, -0.25) is 15.1 Å². The molecule has 1 aromatic heterocycles. The minimum atomic E-state index is -3.35. The van der Waals surface area contributed by atoms with Gasteiger partial charge in [0.25, 0.3) is 5.91 Å². The maximum atomic E-state index is 13.5. The van der Waals surface area contributed by atoms with Crippen LogP contribution in [0.3, 0.4) is 0 Å². The fraction of sp³-hybridized carbons (Fsp3) is 0.219. The van der Waals surface area contributed by atoms with Crippen LogP contribution in [0.1, 0.15) is 56.5 Å². The summed E-state index contributed by atoms with van der Waals surface area (Å²) in [6.07, 6.45) is 2.42. The number of nitrogens with zero attached hydrogens (tertiary/aromatic N) is 1. The van der Waals surface area contributed by atoms with E-state index >= 15 is 0 Å². The lowest BCUT2D eigenvalue weighted by atomic mass is 10.0. The lowest BCUT2D eigenvalue weighted by molar-refractivity contribution is 0.0635. The number of pyridine rings is 1. The number of rotatable bonds is 7. The Hall–Kier alpha value is -4.57. The van der Waals surface area contributed by atoms with Crippen molar-refractivity contribution in [2.75, 3.05) is 10.6 Å². The summed E-state index contributed by atoms with van der Waals surface area (Å²) in [6, 6.07) is 18.6. The molecule has 2 amide bonds. The van der Waals surface area contributed by atoms with E-state index in [9.17, 15) is 18.2 Å². The summed E-state index contributed by atoms with van der Waals surface area (Å²) < 4.78 is 40.9. The van der Waals surface area contributed by atoms with Crippen molar-refractivity contribution in [3.8, 4) is 11.1 Å². The van der Waals surface area contributed by atoms with Crippen molar-refractivity contribution in [1.82, 2.24) is 4.98 Å². The average molecular weight is 589 g/mol. The van der Waals surface area contributed by atoms with Gasteiger partial charge in [0, 0.05) is 18.0 Å². The van der Waals surface area contributed by atoms with Gasteiger partial charge in [-0.05, 0) is 98.0 Å². The highest BCUT2D eigenvalue weighted by atomic mass is 32.2. The number of ether oxygens (including phenoxy) is 1. The summed E-state index contributed by atoms with van der Waals surface area (Å²) in [5.74, 6) is -0.709. The Labute approximate surface area is 245 Å². The van der Waals surface area contributed by atoms with E-state index in [0.29, 0.717) is 21.7 Å². The second-order valence-electron chi connectivity index (χ2n) is 11.0. The Morgan fingerprint density at radius 3 is 2.12 bits per heavy atom. The Morgan fingerprint density at radius 2 is 1.50 bits per heavy atom. The van der Waals surface area contributed by atoms with Gasteiger partial charge < -0.3 is 10.1 Å². The average Bonchev–Trinajstić information content (AvgIpc) is 2.93. The smallest absolute Gasteiger partial charge is 0.412 e. The van der Waals surface area contributed by atoms with Crippen molar-refractivity contribution in [2.24, 2.45) is 0 Å². The molecule has 1 unspecified atom stereocenters. The van der Waals surface area contributed by atoms with E-state index in [0.717, 1.165) is 5.56 Å². The molecule has 0 radical (unpaired) electrons. The molecular formula is C32H33FN4O4S. The second kappa shape index (κ2) is 12.1. The normalized spacial score (nSPS) is 12.8. The van der Waals surface area contributed by atoms with Crippen molar-refractivity contribution < 1.29 is 22.9 Å². The van der Waals surface area contributed by atoms with Crippen LogP contribution in [0.25, 0.3) is 11.1 Å². The lowest BCUT2D eigenvalue weighted by Gasteiger charge is -2.21. The predicted octanol–water partition coefficient (Wildman–Crippen LogP) is 8.08. The number of halogens is 1. The number of carbonyl (C=O) groups excluding carboxylic acids is 2. The monoisotopic (exact) mass is 588 g/mol. The zero-order valence-electron chi connectivity index (χ0n) is 24.0. The molecule has 3 aromatic carbocycles. The van der Waals surface area contributed by atoms with Gasteiger partial charge in [0.2, 0.25) is 0 Å². The lowest BCUT2D eigenvalue weighted by Crippen LogP contribution is -2.27. The third-order valence-corrected chi connectivity index (χ3v) is 8.09. The van der Waals surface area contributed by atoms with Gasteiger partial charge in [0.1, 0.15) is 21.1 Å². The maximum absolute atomic E-state index is 13.5. The molecule has 0 saturated heterocycles. The van der Waals surface area contributed by atoms with Crippen LogP contribution >= 0.6 is 0 Å². The van der Waals surface area contributed by atoms with Crippen LogP contribution in [0.4, 0.5) is 20.6 Å². The number of hydrogen-bond donors (Lipinski definition) is 3. The minimum absolute atomic E-state index is 0.162. The molecule has 0 fully saturated rings. The summed E-state index contributed by atoms with van der Waals surface area (Å²) in [7, 11) is -3.35. The van der Waals surface area contributed by atoms with Gasteiger partial charge in [0.05, 0.1) is 21.2 Å². The van der Waals surface area contributed by atoms with E-state index in [4.69, 9.17) is 9.52 Å². The number of hydrogen-bond acceptors (Lipinski definition) is 6. The van der Waals surface area contributed by atoms with Crippen LogP contribution in [0, 0.1) is 10.6 Å². The Balaban J connectivity index is 1.61. The van der Waals surface area contributed by atoms with Crippen molar-refractivity contribution in [2.45, 2.75) is 55.9 Å². The number of nitrogens with one attached hydrogen (secondary N) is 3. The summed E-state index contributed by atoms with van der Waals surface area (Å²) in [5, 5.41) is 5.48. The highest BCUT2D eigenvalue weighted by molar-refractivity contribution is 7.92. The Bertz CT molecular complexity index is 1710. The van der Waals surface area contributed by atoms with Crippen molar-refractivity contribution in [3.05, 3.63) is 102 Å². The summed E-state index contributed by atoms with van der Waals surface area (Å²) >= 11 is 0. The molecule has 4 aromatic rings. The summed E-state index contributed by atoms with van der Waals surface area (Å²) in [5.41, 5.74) is 2.37. The van der Waals surface area contributed by atoms with Gasteiger partial charge in [0.15, 0.2) is 0 Å². The van der Waals surface area contributed by atoms with Crippen molar-refractivity contribution in [1.29, 1.82) is 4.78 Å². The van der Waals surface area contributed by atoms with Gasteiger partial charge in [-0.25, -0.2) is 18.2 Å². The van der Waals surface area contributed by atoms with Gasteiger partial charge in [-0.15, -0.1) is 0 Å². The van der Waals surface area contributed by atoms with E-state index in [1.807, 2.05) is 13.8 Å². The van der Waals surface area contributed by atoms with E-state index in [-0.39, 0.29) is 27.9 Å². The SMILES string of the molecule is CC(C)c1cncc(S(=N)(=O)c2ccc(C(=O)Nc3cc(-c4ccc(F)cc4)ccc3NC(=O)OC(C)(C)C)cc2)c1. The summed E-state index contributed by atoms with van der Waals surface area (Å²) in [4.78, 5) is 30.5.